The lowest BCUT2D eigenvalue weighted by molar-refractivity contribution is -0.385. The average Bonchev–Trinajstić information content (AvgIpc) is 3.42. The number of ether oxygens (including phenoxy) is 2. The van der Waals surface area contributed by atoms with Crippen LogP contribution in [0.1, 0.15) is 25.0 Å². The molecule has 0 aromatic heterocycles. The van der Waals surface area contributed by atoms with Crippen molar-refractivity contribution < 1.29 is 23.2 Å². The van der Waals surface area contributed by atoms with Gasteiger partial charge in [-0.1, -0.05) is 23.5 Å². The van der Waals surface area contributed by atoms with Crippen LogP contribution in [0.3, 0.4) is 0 Å². The number of benzene rings is 2. The lowest BCUT2D eigenvalue weighted by atomic mass is 9.79. The number of hydrogen-bond acceptors (Lipinski definition) is 11. The fourth-order valence-corrected chi connectivity index (χ4v) is 8.08. The summed E-state index contributed by atoms with van der Waals surface area (Å²) in [6.07, 6.45) is -0.0711. The quantitative estimate of drug-likeness (QED) is 0.274. The topological polar surface area (TPSA) is 164 Å². The molecule has 6 rings (SSSR count). The van der Waals surface area contributed by atoms with E-state index in [9.17, 15) is 18.9 Å². The van der Waals surface area contributed by atoms with E-state index in [1.54, 1.807) is 12.1 Å². The van der Waals surface area contributed by atoms with E-state index in [2.05, 4.69) is 9.98 Å². The maximum atomic E-state index is 14.3. The number of nitrogens with zero attached hydrogens (tertiary/aromatic N) is 3. The highest BCUT2D eigenvalue weighted by Crippen LogP contribution is 2.49. The molecule has 0 aliphatic carbocycles. The summed E-state index contributed by atoms with van der Waals surface area (Å²) in [5.41, 5.74) is 16.8. The number of aliphatic imine (C=N–C) groups is 2. The molecule has 0 amide bonds. The van der Waals surface area contributed by atoms with Gasteiger partial charge in [0.1, 0.15) is 22.7 Å². The number of amidine groups is 2. The van der Waals surface area contributed by atoms with E-state index in [0.29, 0.717) is 33.9 Å². The Hall–Kier alpha value is -2.94. The largest absolute Gasteiger partial charge is 0.399 e. The Morgan fingerprint density at radius 3 is 1.85 bits per heavy atom. The molecule has 40 heavy (non-hydrogen) atoms. The molecule has 10 nitrogen and oxygen atoms in total. The number of nitrogen functional groups attached to an aromatic ring is 1. The molecule has 2 aromatic rings. The maximum Gasteiger partial charge on any atom is 0.270 e. The second kappa shape index (κ2) is 10.8. The Bertz CT molecular complexity index is 1400. The van der Waals surface area contributed by atoms with Crippen LogP contribution in [0, 0.1) is 33.6 Å². The highest BCUT2D eigenvalue weighted by Gasteiger charge is 2.54. The van der Waals surface area contributed by atoms with Crippen molar-refractivity contribution in [2.24, 2.45) is 33.3 Å². The second-order valence-electron chi connectivity index (χ2n) is 10.3. The van der Waals surface area contributed by atoms with Crippen LogP contribution in [0.4, 0.5) is 20.2 Å². The summed E-state index contributed by atoms with van der Waals surface area (Å²) in [6.45, 7) is 4.42. The first-order valence-electron chi connectivity index (χ1n) is 12.7. The van der Waals surface area contributed by atoms with Crippen molar-refractivity contribution in [3.05, 3.63) is 69.3 Å². The fraction of sp³-hybridized carbons (Fsp3) is 0.462. The summed E-state index contributed by atoms with van der Waals surface area (Å²) in [7, 11) is 0. The van der Waals surface area contributed by atoms with Crippen molar-refractivity contribution in [2.45, 2.75) is 37.1 Å². The summed E-state index contributed by atoms with van der Waals surface area (Å²) >= 11 is 2.89. The molecule has 4 aliphatic heterocycles. The standard InChI is InChI=1S/C13H14FN3O3S.C13H16FN3OS/c1-7-10-5-21-12(15)16-13(10,6-20-7)9-4-8(17(18)19)2-3-11(9)14;1-7-10-5-19-12(16)17-13(10,6-18-7)9-4-8(15)2-3-11(9)14/h2-4,7,10H,5-6H2,1H3,(H2,15,16);2-4,7,10H,5-6,15H2,1H3,(H2,16,17)/t2*7-,10-,13-/m11/s1. The van der Waals surface area contributed by atoms with Crippen LogP contribution < -0.4 is 17.2 Å². The molecule has 14 heteroatoms. The molecule has 0 unspecified atom stereocenters. The molecule has 4 heterocycles. The van der Waals surface area contributed by atoms with E-state index < -0.39 is 21.8 Å². The number of fused-ring (bicyclic) bond motifs is 2. The third kappa shape index (κ3) is 4.91. The van der Waals surface area contributed by atoms with Crippen molar-refractivity contribution in [3.63, 3.8) is 0 Å². The van der Waals surface area contributed by atoms with E-state index >= 15 is 0 Å². The molecule has 2 aromatic carbocycles. The van der Waals surface area contributed by atoms with Crippen molar-refractivity contribution in [1.82, 2.24) is 0 Å². The van der Waals surface area contributed by atoms with Gasteiger partial charge in [-0.05, 0) is 38.1 Å². The van der Waals surface area contributed by atoms with Gasteiger partial charge in [-0.3, -0.25) is 10.1 Å². The molecule has 214 valence electrons. The Labute approximate surface area is 238 Å². The van der Waals surface area contributed by atoms with Gasteiger partial charge in [0.05, 0.1) is 30.3 Å². The number of nitro benzene ring substituents is 1. The van der Waals surface area contributed by atoms with E-state index in [1.807, 2.05) is 13.8 Å². The molecule has 6 atom stereocenters. The van der Waals surface area contributed by atoms with Crippen molar-refractivity contribution in [2.75, 3.05) is 30.5 Å². The number of nitrogens with two attached hydrogens (primary N) is 3. The van der Waals surface area contributed by atoms with E-state index in [0.717, 1.165) is 17.9 Å². The monoisotopic (exact) mass is 592 g/mol. The molecule has 0 saturated carbocycles. The Morgan fingerprint density at radius 1 is 0.875 bits per heavy atom. The smallest absolute Gasteiger partial charge is 0.270 e. The molecule has 0 spiro atoms. The number of non-ortho nitro benzene ring substituents is 1. The van der Waals surface area contributed by atoms with Gasteiger partial charge in [-0.15, -0.1) is 0 Å². The first-order valence-corrected chi connectivity index (χ1v) is 14.6. The Balaban J connectivity index is 0.000000162. The Morgan fingerprint density at radius 2 is 1.35 bits per heavy atom. The number of halogens is 2. The van der Waals surface area contributed by atoms with Crippen LogP contribution in [-0.2, 0) is 20.6 Å². The SMILES string of the molecule is C[C@H]1OC[C@]2(c3cc(N)ccc3F)N=C(N)SC[C@H]12.C[C@H]1OC[C@]2(c3cc([N+](=O)[O-])ccc3F)N=C(N)SC[C@H]12. The zero-order valence-electron chi connectivity index (χ0n) is 21.9. The highest BCUT2D eigenvalue weighted by molar-refractivity contribution is 8.14. The van der Waals surface area contributed by atoms with E-state index in [4.69, 9.17) is 26.7 Å². The van der Waals surface area contributed by atoms with Gasteiger partial charge in [0.2, 0.25) is 0 Å². The number of thioether (sulfide) groups is 2. The van der Waals surface area contributed by atoms with Gasteiger partial charge in [-0.2, -0.15) is 0 Å². The maximum absolute atomic E-state index is 14.3. The zero-order valence-corrected chi connectivity index (χ0v) is 23.5. The zero-order chi connectivity index (χ0) is 28.8. The van der Waals surface area contributed by atoms with Gasteiger partial charge in [0, 0.05) is 52.3 Å². The number of anilines is 1. The van der Waals surface area contributed by atoms with Crippen LogP contribution in [0.25, 0.3) is 0 Å². The number of nitro groups is 1. The molecule has 2 fully saturated rings. The fourth-order valence-electron chi connectivity index (χ4n) is 5.83. The molecule has 0 radical (unpaired) electrons. The molecule has 2 saturated heterocycles. The second-order valence-corrected chi connectivity index (χ2v) is 12.4. The van der Waals surface area contributed by atoms with Crippen molar-refractivity contribution in [1.29, 1.82) is 0 Å². The number of hydrogen-bond donors (Lipinski definition) is 3. The summed E-state index contributed by atoms with van der Waals surface area (Å²) in [5.74, 6) is 0.656. The van der Waals surface area contributed by atoms with Gasteiger partial charge in [-0.25, -0.2) is 18.8 Å². The highest BCUT2D eigenvalue weighted by atomic mass is 32.2. The molecule has 4 aliphatic rings. The summed E-state index contributed by atoms with van der Waals surface area (Å²) < 4.78 is 39.9. The third-order valence-electron chi connectivity index (χ3n) is 8.02. The minimum Gasteiger partial charge on any atom is -0.399 e. The van der Waals surface area contributed by atoms with Gasteiger partial charge in [0.25, 0.3) is 5.69 Å². The van der Waals surface area contributed by atoms with Crippen molar-refractivity contribution >= 4 is 45.2 Å². The van der Waals surface area contributed by atoms with Crippen LogP contribution in [0.5, 0.6) is 0 Å². The first-order chi connectivity index (χ1) is 19.0. The van der Waals surface area contributed by atoms with Gasteiger partial charge >= 0.3 is 0 Å². The molecular formula is C26H30F2N6O4S2. The lowest BCUT2D eigenvalue weighted by Crippen LogP contribution is -2.41. The average molecular weight is 593 g/mol. The van der Waals surface area contributed by atoms with Crippen LogP contribution in [-0.4, -0.2) is 52.2 Å². The van der Waals surface area contributed by atoms with Gasteiger partial charge in [0.15, 0.2) is 10.3 Å². The van der Waals surface area contributed by atoms with Crippen LogP contribution in [0.15, 0.2) is 46.4 Å². The molecular weight excluding hydrogens is 562 g/mol. The third-order valence-corrected chi connectivity index (χ3v) is 9.84. The van der Waals surface area contributed by atoms with E-state index in [-0.39, 0.29) is 47.7 Å². The summed E-state index contributed by atoms with van der Waals surface area (Å²) in [6, 6.07) is 8.08. The van der Waals surface area contributed by atoms with E-state index in [1.165, 1.54) is 35.7 Å². The predicted molar refractivity (Wildman–Crippen MR) is 153 cm³/mol. The molecule has 0 bridgehead atoms. The number of rotatable bonds is 3. The van der Waals surface area contributed by atoms with Crippen LogP contribution >= 0.6 is 23.5 Å². The predicted octanol–water partition coefficient (Wildman–Crippen LogP) is 3.73. The lowest BCUT2D eigenvalue weighted by Gasteiger charge is -2.35. The van der Waals surface area contributed by atoms with Gasteiger partial charge < -0.3 is 26.7 Å². The van der Waals surface area contributed by atoms with Crippen molar-refractivity contribution in [3.8, 4) is 0 Å². The normalized spacial score (nSPS) is 32.7. The summed E-state index contributed by atoms with van der Waals surface area (Å²) in [5, 5.41) is 11.8. The minimum atomic E-state index is -0.967. The first kappa shape index (κ1) is 28.6. The summed E-state index contributed by atoms with van der Waals surface area (Å²) in [4.78, 5) is 19.4. The minimum absolute atomic E-state index is 0.0326. The van der Waals surface area contributed by atoms with Crippen LogP contribution in [0.2, 0.25) is 0 Å². The Kier molecular flexibility index (Phi) is 7.72. The molecule has 6 N–H and O–H groups in total.